The maximum absolute atomic E-state index is 12.7. The highest BCUT2D eigenvalue weighted by Gasteiger charge is 2.33. The number of nitrogens with zero attached hydrogens (tertiary/aromatic N) is 1. The Morgan fingerprint density at radius 2 is 1.96 bits per heavy atom. The van der Waals surface area contributed by atoms with Crippen LogP contribution in [0.3, 0.4) is 0 Å². The molecular formula is C19H24N2O4S. The monoisotopic (exact) mass is 376 g/mol. The van der Waals surface area contributed by atoms with Gasteiger partial charge >= 0.3 is 5.97 Å². The van der Waals surface area contributed by atoms with Gasteiger partial charge in [0.25, 0.3) is 5.91 Å². The van der Waals surface area contributed by atoms with Gasteiger partial charge in [0.15, 0.2) is 6.10 Å². The standard InChI is InChI=1S/C19H24N2O4S/c1-11-5-4-6-12(2)21(11)18(23)13(3)25-19(24)14-7-8-16-15(9-14)20-17(22)10-26-16/h7-9,11-13H,4-6,10H2,1-3H3,(H,20,22)/t11-,12-,13+/m0/s1. The number of rotatable bonds is 3. The van der Waals surface area contributed by atoms with Gasteiger partial charge in [-0.15, -0.1) is 11.8 Å². The first-order valence-electron chi connectivity index (χ1n) is 8.96. The number of anilines is 1. The van der Waals surface area contributed by atoms with E-state index in [1.54, 1.807) is 25.1 Å². The number of likely N-dealkylation sites (tertiary alicyclic amines) is 1. The van der Waals surface area contributed by atoms with Crippen molar-refractivity contribution < 1.29 is 19.1 Å². The molecule has 0 saturated carbocycles. The zero-order chi connectivity index (χ0) is 18.8. The van der Waals surface area contributed by atoms with Crippen LogP contribution in [0.1, 0.15) is 50.4 Å². The normalized spacial score (nSPS) is 23.7. The van der Waals surface area contributed by atoms with Crippen LogP contribution in [-0.4, -0.2) is 46.6 Å². The Balaban J connectivity index is 1.68. The number of ether oxygens (including phenoxy) is 1. The highest BCUT2D eigenvalue weighted by Crippen LogP contribution is 2.32. The summed E-state index contributed by atoms with van der Waals surface area (Å²) < 4.78 is 5.42. The molecular weight excluding hydrogens is 352 g/mol. The van der Waals surface area contributed by atoms with Gasteiger partial charge in [-0.1, -0.05) is 0 Å². The first-order chi connectivity index (χ1) is 12.4. The second kappa shape index (κ2) is 7.70. The van der Waals surface area contributed by atoms with E-state index in [0.29, 0.717) is 17.0 Å². The van der Waals surface area contributed by atoms with Crippen molar-refractivity contribution in [3.63, 3.8) is 0 Å². The molecule has 2 aliphatic rings. The molecule has 3 atom stereocenters. The number of fused-ring (bicyclic) bond motifs is 1. The quantitative estimate of drug-likeness (QED) is 0.821. The molecule has 140 valence electrons. The van der Waals surface area contributed by atoms with E-state index in [0.717, 1.165) is 24.2 Å². The summed E-state index contributed by atoms with van der Waals surface area (Å²) in [6.07, 6.45) is 2.21. The number of benzene rings is 1. The van der Waals surface area contributed by atoms with Gasteiger partial charge < -0.3 is 15.0 Å². The smallest absolute Gasteiger partial charge is 0.338 e. The van der Waals surface area contributed by atoms with Crippen LogP contribution in [0, 0.1) is 0 Å². The van der Waals surface area contributed by atoms with Crippen molar-refractivity contribution in [2.75, 3.05) is 11.1 Å². The van der Waals surface area contributed by atoms with E-state index in [-0.39, 0.29) is 23.9 Å². The van der Waals surface area contributed by atoms with Crippen molar-refractivity contribution in [2.45, 2.75) is 63.1 Å². The molecule has 1 aromatic carbocycles. The van der Waals surface area contributed by atoms with E-state index < -0.39 is 12.1 Å². The Hall–Kier alpha value is -2.02. The minimum atomic E-state index is -0.842. The second-order valence-electron chi connectivity index (χ2n) is 6.97. The van der Waals surface area contributed by atoms with Crippen molar-refractivity contribution >= 4 is 35.2 Å². The molecule has 2 aliphatic heterocycles. The van der Waals surface area contributed by atoms with Crippen molar-refractivity contribution in [3.05, 3.63) is 23.8 Å². The summed E-state index contributed by atoms with van der Waals surface area (Å²) in [6.45, 7) is 5.68. The summed E-state index contributed by atoms with van der Waals surface area (Å²) in [5, 5.41) is 2.75. The van der Waals surface area contributed by atoms with Gasteiger partial charge in [-0.3, -0.25) is 9.59 Å². The molecule has 1 fully saturated rings. The largest absolute Gasteiger partial charge is 0.449 e. The van der Waals surface area contributed by atoms with Crippen molar-refractivity contribution in [3.8, 4) is 0 Å². The molecule has 0 unspecified atom stereocenters. The van der Waals surface area contributed by atoms with Gasteiger partial charge in [-0.25, -0.2) is 4.79 Å². The second-order valence-corrected chi connectivity index (χ2v) is 7.99. The van der Waals surface area contributed by atoms with Crippen LogP contribution in [0.25, 0.3) is 0 Å². The lowest BCUT2D eigenvalue weighted by Crippen LogP contribution is -2.51. The molecule has 0 bridgehead atoms. The Morgan fingerprint density at radius 1 is 1.27 bits per heavy atom. The molecule has 2 amide bonds. The molecule has 7 heteroatoms. The molecule has 0 radical (unpaired) electrons. The number of carbonyl (C=O) groups excluding carboxylic acids is 3. The van der Waals surface area contributed by atoms with Crippen LogP contribution in [0.5, 0.6) is 0 Å². The fourth-order valence-electron chi connectivity index (χ4n) is 3.55. The number of thioether (sulfide) groups is 1. The van der Waals surface area contributed by atoms with Crippen LogP contribution in [0.15, 0.2) is 23.1 Å². The third kappa shape index (κ3) is 3.87. The molecule has 1 N–H and O–H groups in total. The Kier molecular flexibility index (Phi) is 5.55. The highest BCUT2D eigenvalue weighted by molar-refractivity contribution is 8.00. The topological polar surface area (TPSA) is 75.7 Å². The fraction of sp³-hybridized carbons (Fsp3) is 0.526. The van der Waals surface area contributed by atoms with Crippen molar-refractivity contribution in [1.29, 1.82) is 0 Å². The Morgan fingerprint density at radius 3 is 2.65 bits per heavy atom. The molecule has 2 heterocycles. The van der Waals surface area contributed by atoms with E-state index in [1.807, 2.05) is 18.7 Å². The van der Waals surface area contributed by atoms with Crippen LogP contribution < -0.4 is 5.32 Å². The van der Waals surface area contributed by atoms with Crippen LogP contribution >= 0.6 is 11.8 Å². The summed E-state index contributed by atoms with van der Waals surface area (Å²) in [7, 11) is 0. The van der Waals surface area contributed by atoms with E-state index in [4.69, 9.17) is 4.74 Å². The molecule has 3 rings (SSSR count). The van der Waals surface area contributed by atoms with Gasteiger partial charge in [-0.2, -0.15) is 0 Å². The molecule has 1 aromatic rings. The number of piperidine rings is 1. The lowest BCUT2D eigenvalue weighted by Gasteiger charge is -2.40. The third-order valence-electron chi connectivity index (χ3n) is 4.93. The predicted octanol–water partition coefficient (Wildman–Crippen LogP) is 3.07. The number of carbonyl (C=O) groups is 3. The maximum atomic E-state index is 12.7. The average molecular weight is 376 g/mol. The molecule has 0 aliphatic carbocycles. The maximum Gasteiger partial charge on any atom is 0.338 e. The highest BCUT2D eigenvalue weighted by atomic mass is 32.2. The van der Waals surface area contributed by atoms with E-state index in [9.17, 15) is 14.4 Å². The lowest BCUT2D eigenvalue weighted by molar-refractivity contribution is -0.146. The van der Waals surface area contributed by atoms with Crippen LogP contribution in [-0.2, 0) is 14.3 Å². The van der Waals surface area contributed by atoms with E-state index in [2.05, 4.69) is 5.32 Å². The zero-order valence-electron chi connectivity index (χ0n) is 15.3. The SMILES string of the molecule is C[C@@H](OC(=O)c1ccc2c(c1)NC(=O)CS2)C(=O)N1[C@@H](C)CCC[C@@H]1C. The van der Waals surface area contributed by atoms with Crippen molar-refractivity contribution in [1.82, 2.24) is 4.90 Å². The average Bonchev–Trinajstić information content (AvgIpc) is 2.60. The summed E-state index contributed by atoms with van der Waals surface area (Å²) in [5.41, 5.74) is 0.934. The first kappa shape index (κ1) is 18.8. The van der Waals surface area contributed by atoms with Crippen LogP contribution in [0.4, 0.5) is 5.69 Å². The molecule has 26 heavy (non-hydrogen) atoms. The minimum Gasteiger partial charge on any atom is -0.449 e. The van der Waals surface area contributed by atoms with Gasteiger partial charge in [-0.05, 0) is 58.2 Å². The Labute approximate surface area is 157 Å². The number of hydrogen-bond donors (Lipinski definition) is 1. The lowest BCUT2D eigenvalue weighted by atomic mass is 9.97. The fourth-order valence-corrected chi connectivity index (χ4v) is 4.34. The predicted molar refractivity (Wildman–Crippen MR) is 100 cm³/mol. The summed E-state index contributed by atoms with van der Waals surface area (Å²) >= 11 is 1.43. The summed E-state index contributed by atoms with van der Waals surface area (Å²) in [4.78, 5) is 39.5. The van der Waals surface area contributed by atoms with Crippen LogP contribution in [0.2, 0.25) is 0 Å². The number of nitrogens with one attached hydrogen (secondary N) is 1. The molecule has 0 spiro atoms. The van der Waals surface area contributed by atoms with Gasteiger partial charge in [0, 0.05) is 17.0 Å². The Bertz CT molecular complexity index is 726. The summed E-state index contributed by atoms with van der Waals surface area (Å²) in [5.74, 6) is -0.436. The molecule has 1 saturated heterocycles. The first-order valence-corrected chi connectivity index (χ1v) is 9.95. The minimum absolute atomic E-state index is 0.0929. The number of amides is 2. The molecule has 6 nitrogen and oxygen atoms in total. The van der Waals surface area contributed by atoms with Gasteiger partial charge in [0.05, 0.1) is 17.0 Å². The third-order valence-corrected chi connectivity index (χ3v) is 6.00. The van der Waals surface area contributed by atoms with Gasteiger partial charge in [0.1, 0.15) is 0 Å². The summed E-state index contributed by atoms with van der Waals surface area (Å²) in [6, 6.07) is 5.36. The zero-order valence-corrected chi connectivity index (χ0v) is 16.1. The van der Waals surface area contributed by atoms with E-state index >= 15 is 0 Å². The van der Waals surface area contributed by atoms with Crippen molar-refractivity contribution in [2.24, 2.45) is 0 Å². The number of esters is 1. The van der Waals surface area contributed by atoms with E-state index in [1.165, 1.54) is 11.8 Å². The molecule has 0 aromatic heterocycles. The number of hydrogen-bond acceptors (Lipinski definition) is 5. The van der Waals surface area contributed by atoms with Gasteiger partial charge in [0.2, 0.25) is 5.91 Å².